The van der Waals surface area contributed by atoms with Crippen LogP contribution in [0, 0.1) is 0 Å². The van der Waals surface area contributed by atoms with Crippen LogP contribution in [0.3, 0.4) is 0 Å². The van der Waals surface area contributed by atoms with Gasteiger partial charge in [-0.25, -0.2) is 0 Å². The van der Waals surface area contributed by atoms with Crippen molar-refractivity contribution in [2.24, 2.45) is 0 Å². The summed E-state index contributed by atoms with van der Waals surface area (Å²) in [6.07, 6.45) is 2.25. The van der Waals surface area contributed by atoms with Crippen LogP contribution in [0.5, 0.6) is 0 Å². The fourth-order valence-corrected chi connectivity index (χ4v) is 3.60. The topological polar surface area (TPSA) is 12.5 Å². The second-order valence-electron chi connectivity index (χ2n) is 4.00. The third-order valence-electron chi connectivity index (χ3n) is 3.09. The molecule has 1 aliphatic heterocycles. The van der Waals surface area contributed by atoms with Gasteiger partial charge in [-0.2, -0.15) is 0 Å². The molecule has 2 unspecified atom stereocenters. The first-order valence-corrected chi connectivity index (χ1v) is 5.78. The Balaban J connectivity index is 2.15. The molecule has 1 saturated heterocycles. The van der Waals surface area contributed by atoms with Gasteiger partial charge in [0.25, 0.3) is 0 Å². The molecule has 2 fully saturated rings. The Kier molecular flexibility index (Phi) is 1.73. The average molecular weight is 284 g/mol. The smallest absolute Gasteiger partial charge is 0.0960 e. The molecule has 11 heavy (non-hydrogen) atoms. The number of halogens is 2. The summed E-state index contributed by atoms with van der Waals surface area (Å²) in [7, 11) is 0. The Bertz CT molecular complexity index is 177. The van der Waals surface area contributed by atoms with Crippen LogP contribution in [0.4, 0.5) is 0 Å². The molecule has 0 radical (unpaired) electrons. The second-order valence-corrected chi connectivity index (χ2v) is 6.36. The number of alkyl halides is 2. The van der Waals surface area contributed by atoms with E-state index in [-0.39, 0.29) is 11.2 Å². The zero-order valence-electron chi connectivity index (χ0n) is 6.73. The molecule has 1 heterocycles. The van der Waals surface area contributed by atoms with Gasteiger partial charge in [0.1, 0.15) is 0 Å². The molecule has 4 atom stereocenters. The van der Waals surface area contributed by atoms with E-state index in [0.717, 1.165) is 12.8 Å². The van der Waals surface area contributed by atoms with Crippen molar-refractivity contribution >= 4 is 31.9 Å². The second kappa shape index (κ2) is 2.24. The van der Waals surface area contributed by atoms with Gasteiger partial charge >= 0.3 is 0 Å². The van der Waals surface area contributed by atoms with Crippen molar-refractivity contribution < 1.29 is 4.74 Å². The third-order valence-corrected chi connectivity index (χ3v) is 5.72. The van der Waals surface area contributed by atoms with Gasteiger partial charge in [0, 0.05) is 9.65 Å². The van der Waals surface area contributed by atoms with Crippen LogP contribution in [-0.2, 0) is 4.74 Å². The summed E-state index contributed by atoms with van der Waals surface area (Å²) in [5.74, 6) is 0. The Morgan fingerprint density at radius 3 is 1.82 bits per heavy atom. The van der Waals surface area contributed by atoms with Gasteiger partial charge in [-0.05, 0) is 26.7 Å². The minimum atomic E-state index is 0.158. The van der Waals surface area contributed by atoms with Gasteiger partial charge in [-0.15, -0.1) is 0 Å². The lowest BCUT2D eigenvalue weighted by atomic mass is 9.82. The summed E-state index contributed by atoms with van der Waals surface area (Å²) >= 11 is 7.31. The highest BCUT2D eigenvalue weighted by molar-refractivity contribution is 9.12. The summed E-state index contributed by atoms with van der Waals surface area (Å²) in [5, 5.41) is 0. The summed E-state index contributed by atoms with van der Waals surface area (Å²) in [6.45, 7) is 4.42. The molecule has 0 amide bonds. The number of rotatable bonds is 0. The molecule has 3 heteroatoms. The van der Waals surface area contributed by atoms with Crippen molar-refractivity contribution in [2.45, 2.75) is 47.5 Å². The number of ether oxygens (including phenoxy) is 1. The lowest BCUT2D eigenvalue weighted by Gasteiger charge is -2.27. The van der Waals surface area contributed by atoms with Crippen LogP contribution in [0.15, 0.2) is 0 Å². The van der Waals surface area contributed by atoms with Crippen molar-refractivity contribution in [1.82, 2.24) is 0 Å². The van der Waals surface area contributed by atoms with Crippen LogP contribution < -0.4 is 0 Å². The predicted octanol–water partition coefficient (Wildman–Crippen LogP) is 2.85. The average Bonchev–Trinajstić information content (AvgIpc) is 2.33. The van der Waals surface area contributed by atoms with Crippen molar-refractivity contribution in [3.8, 4) is 0 Å². The van der Waals surface area contributed by atoms with E-state index in [9.17, 15) is 0 Å². The van der Waals surface area contributed by atoms with Gasteiger partial charge in [0.15, 0.2) is 0 Å². The maximum Gasteiger partial charge on any atom is 0.0960 e. The number of epoxide rings is 1. The summed E-state index contributed by atoms with van der Waals surface area (Å²) in [5.41, 5.74) is 0.316. The predicted molar refractivity (Wildman–Crippen MR) is 52.6 cm³/mol. The molecule has 0 aromatic heterocycles. The van der Waals surface area contributed by atoms with Crippen molar-refractivity contribution in [3.05, 3.63) is 0 Å². The molecule has 0 spiro atoms. The molecule has 64 valence electrons. The Hall–Kier alpha value is 0.920. The first-order valence-electron chi connectivity index (χ1n) is 3.95. The fraction of sp³-hybridized carbons (Fsp3) is 1.00. The first-order chi connectivity index (χ1) is 4.97. The molecular weight excluding hydrogens is 272 g/mol. The van der Waals surface area contributed by atoms with Crippen LogP contribution in [0.1, 0.15) is 26.7 Å². The van der Waals surface area contributed by atoms with Gasteiger partial charge < -0.3 is 4.74 Å². The zero-order chi connectivity index (χ0) is 8.28. The lowest BCUT2D eigenvalue weighted by molar-refractivity contribution is 0.280. The molecule has 0 aromatic carbocycles. The molecule has 0 aromatic rings. The molecule has 1 aliphatic carbocycles. The van der Waals surface area contributed by atoms with Crippen LogP contribution in [-0.4, -0.2) is 20.9 Å². The quantitative estimate of drug-likeness (QED) is 0.492. The van der Waals surface area contributed by atoms with Crippen LogP contribution >= 0.6 is 31.9 Å². The van der Waals surface area contributed by atoms with E-state index in [1.165, 1.54) is 0 Å². The number of hydrogen-bond donors (Lipinski definition) is 0. The lowest BCUT2D eigenvalue weighted by Crippen LogP contribution is -2.36. The van der Waals surface area contributed by atoms with Crippen molar-refractivity contribution in [1.29, 1.82) is 0 Å². The molecule has 2 rings (SSSR count). The van der Waals surface area contributed by atoms with Crippen LogP contribution in [0.25, 0.3) is 0 Å². The van der Waals surface area contributed by atoms with E-state index >= 15 is 0 Å². The summed E-state index contributed by atoms with van der Waals surface area (Å²) in [4.78, 5) is 1.14. The molecular formula is C8H12Br2O. The van der Waals surface area contributed by atoms with Gasteiger partial charge in [0.2, 0.25) is 0 Å². The minimum absolute atomic E-state index is 0.158. The largest absolute Gasteiger partial charge is 0.363 e. The highest BCUT2D eigenvalue weighted by atomic mass is 79.9. The number of hydrogen-bond acceptors (Lipinski definition) is 1. The Morgan fingerprint density at radius 1 is 1.09 bits per heavy atom. The maximum absolute atomic E-state index is 5.73. The Labute approximate surface area is 84.1 Å². The van der Waals surface area contributed by atoms with E-state index in [2.05, 4.69) is 45.7 Å². The normalized spacial score (nSPS) is 62.2. The monoisotopic (exact) mass is 282 g/mol. The maximum atomic E-state index is 5.73. The van der Waals surface area contributed by atoms with Crippen molar-refractivity contribution in [3.63, 3.8) is 0 Å². The molecule has 2 aliphatic rings. The molecule has 0 bridgehead atoms. The summed E-state index contributed by atoms with van der Waals surface area (Å²) < 4.78 is 5.73. The molecule has 1 nitrogen and oxygen atoms in total. The Morgan fingerprint density at radius 2 is 1.45 bits per heavy atom. The zero-order valence-corrected chi connectivity index (χ0v) is 9.91. The first kappa shape index (κ1) is 8.52. The SMILES string of the molecule is CC12C[C@H](Br)[C@@H](Br)CC1(C)O2. The van der Waals surface area contributed by atoms with Crippen LogP contribution in [0.2, 0.25) is 0 Å². The fourth-order valence-electron chi connectivity index (χ4n) is 1.99. The summed E-state index contributed by atoms with van der Waals surface area (Å²) in [6, 6.07) is 0. The molecule has 0 N–H and O–H groups in total. The number of fused-ring (bicyclic) bond motifs is 1. The third kappa shape index (κ3) is 1.11. The van der Waals surface area contributed by atoms with E-state index in [1.54, 1.807) is 0 Å². The van der Waals surface area contributed by atoms with E-state index in [0.29, 0.717) is 9.65 Å². The minimum Gasteiger partial charge on any atom is -0.363 e. The highest BCUT2D eigenvalue weighted by Crippen LogP contribution is 2.59. The van der Waals surface area contributed by atoms with Gasteiger partial charge in [0.05, 0.1) is 11.2 Å². The van der Waals surface area contributed by atoms with E-state index in [1.807, 2.05) is 0 Å². The van der Waals surface area contributed by atoms with E-state index in [4.69, 9.17) is 4.74 Å². The van der Waals surface area contributed by atoms with Gasteiger partial charge in [-0.1, -0.05) is 31.9 Å². The standard InChI is InChI=1S/C8H12Br2O/c1-7-3-5(9)6(10)4-8(7,2)11-7/h5-6H,3-4H2,1-2H3/t5-,6-,7?,8?/m0/s1. The van der Waals surface area contributed by atoms with E-state index < -0.39 is 0 Å². The van der Waals surface area contributed by atoms with Gasteiger partial charge in [-0.3, -0.25) is 0 Å². The highest BCUT2D eigenvalue weighted by Gasteiger charge is 2.67. The van der Waals surface area contributed by atoms with Crippen molar-refractivity contribution in [2.75, 3.05) is 0 Å². The molecule has 1 saturated carbocycles.